The molecular weight excluding hydrogens is 302 g/mol. The number of thiophene rings is 1. The molecule has 106 valence electrons. The Bertz CT molecular complexity index is 841. The molecular formula is C16H14ClN3S. The minimum absolute atomic E-state index is 0.591. The summed E-state index contributed by atoms with van der Waals surface area (Å²) in [5.41, 5.74) is 3.55. The molecule has 0 fully saturated rings. The van der Waals surface area contributed by atoms with E-state index in [0.29, 0.717) is 11.0 Å². The molecule has 0 bridgehead atoms. The van der Waals surface area contributed by atoms with Crippen LogP contribution in [0.4, 0.5) is 0 Å². The summed E-state index contributed by atoms with van der Waals surface area (Å²) >= 11 is 8.24. The zero-order chi connectivity index (χ0) is 14.4. The van der Waals surface area contributed by atoms with Crippen molar-refractivity contribution in [2.45, 2.75) is 32.6 Å². The lowest BCUT2D eigenvalue weighted by Gasteiger charge is -2.07. The van der Waals surface area contributed by atoms with Gasteiger partial charge in [-0.15, -0.1) is 11.3 Å². The average Bonchev–Trinajstić information content (AvgIpc) is 3.07. The summed E-state index contributed by atoms with van der Waals surface area (Å²) in [5, 5.41) is 1.67. The van der Waals surface area contributed by atoms with Crippen LogP contribution in [0.2, 0.25) is 5.15 Å². The van der Waals surface area contributed by atoms with Gasteiger partial charge >= 0.3 is 0 Å². The lowest BCUT2D eigenvalue weighted by Crippen LogP contribution is -1.95. The molecule has 0 unspecified atom stereocenters. The first-order valence-electron chi connectivity index (χ1n) is 7.19. The predicted molar refractivity (Wildman–Crippen MR) is 87.1 cm³/mol. The Balaban J connectivity index is 1.95. The van der Waals surface area contributed by atoms with E-state index in [0.717, 1.165) is 40.6 Å². The lowest BCUT2D eigenvalue weighted by molar-refractivity contribution is 0.917. The van der Waals surface area contributed by atoms with Gasteiger partial charge in [-0.3, -0.25) is 4.98 Å². The van der Waals surface area contributed by atoms with Crippen molar-refractivity contribution in [2.24, 2.45) is 0 Å². The number of fused-ring (bicyclic) bond motifs is 3. The average molecular weight is 316 g/mol. The summed E-state index contributed by atoms with van der Waals surface area (Å²) in [7, 11) is 0. The third kappa shape index (κ3) is 2.05. The number of nitrogens with zero attached hydrogens (tertiary/aromatic N) is 3. The van der Waals surface area contributed by atoms with Crippen LogP contribution in [0.1, 0.15) is 29.3 Å². The normalized spacial score (nSPS) is 13.8. The molecule has 5 heteroatoms. The Kier molecular flexibility index (Phi) is 3.16. The van der Waals surface area contributed by atoms with Crippen LogP contribution >= 0.6 is 22.9 Å². The summed E-state index contributed by atoms with van der Waals surface area (Å²) < 4.78 is 0. The number of pyridine rings is 1. The highest BCUT2D eigenvalue weighted by atomic mass is 35.5. The van der Waals surface area contributed by atoms with E-state index < -0.39 is 0 Å². The number of hydrogen-bond donors (Lipinski definition) is 0. The summed E-state index contributed by atoms with van der Waals surface area (Å²) in [6.07, 6.45) is 8.04. The molecule has 0 atom stereocenters. The van der Waals surface area contributed by atoms with Crippen molar-refractivity contribution in [2.75, 3.05) is 0 Å². The van der Waals surface area contributed by atoms with Gasteiger partial charge in [0.2, 0.25) is 0 Å². The lowest BCUT2D eigenvalue weighted by atomic mass is 10.1. The maximum atomic E-state index is 6.47. The van der Waals surface area contributed by atoms with Crippen molar-refractivity contribution in [1.82, 2.24) is 15.0 Å². The van der Waals surface area contributed by atoms with Crippen molar-refractivity contribution < 1.29 is 0 Å². The molecule has 4 rings (SSSR count). The van der Waals surface area contributed by atoms with Gasteiger partial charge in [-0.05, 0) is 42.9 Å². The van der Waals surface area contributed by atoms with E-state index in [2.05, 4.69) is 16.9 Å². The molecule has 3 aromatic rings. The Labute approximate surface area is 132 Å². The van der Waals surface area contributed by atoms with Gasteiger partial charge in [0.05, 0.1) is 5.39 Å². The summed E-state index contributed by atoms with van der Waals surface area (Å²) in [6.45, 7) is 2.11. The maximum Gasteiger partial charge on any atom is 0.162 e. The largest absolute Gasteiger partial charge is 0.264 e. The van der Waals surface area contributed by atoms with E-state index in [1.807, 2.05) is 12.3 Å². The number of halogens is 1. The fraction of sp³-hybridized carbons (Fsp3) is 0.312. The van der Waals surface area contributed by atoms with Gasteiger partial charge in [-0.1, -0.05) is 18.5 Å². The molecule has 0 aliphatic heterocycles. The fourth-order valence-electron chi connectivity index (χ4n) is 3.00. The van der Waals surface area contributed by atoms with Crippen LogP contribution in [-0.4, -0.2) is 15.0 Å². The quantitative estimate of drug-likeness (QED) is 0.655. The van der Waals surface area contributed by atoms with Gasteiger partial charge < -0.3 is 0 Å². The van der Waals surface area contributed by atoms with Crippen LogP contribution < -0.4 is 0 Å². The minimum Gasteiger partial charge on any atom is -0.264 e. The highest BCUT2D eigenvalue weighted by molar-refractivity contribution is 7.19. The van der Waals surface area contributed by atoms with Gasteiger partial charge in [0, 0.05) is 22.8 Å². The van der Waals surface area contributed by atoms with E-state index >= 15 is 0 Å². The SMILES string of the molecule is CCc1cnccc1-c1nc(Cl)c2c3c(sc2n1)CCC3. The highest BCUT2D eigenvalue weighted by Crippen LogP contribution is 2.40. The second-order valence-corrected chi connectivity index (χ2v) is 6.70. The van der Waals surface area contributed by atoms with Crippen molar-refractivity contribution >= 4 is 33.2 Å². The smallest absolute Gasteiger partial charge is 0.162 e. The number of hydrogen-bond acceptors (Lipinski definition) is 4. The molecule has 3 heterocycles. The van der Waals surface area contributed by atoms with Crippen LogP contribution in [0.25, 0.3) is 21.6 Å². The third-order valence-electron chi connectivity index (χ3n) is 4.05. The van der Waals surface area contributed by atoms with Gasteiger partial charge in [-0.25, -0.2) is 9.97 Å². The van der Waals surface area contributed by atoms with E-state index in [1.54, 1.807) is 17.5 Å². The molecule has 3 nitrogen and oxygen atoms in total. The first kappa shape index (κ1) is 13.2. The van der Waals surface area contributed by atoms with E-state index in [4.69, 9.17) is 16.6 Å². The van der Waals surface area contributed by atoms with E-state index in [-0.39, 0.29) is 0 Å². The topological polar surface area (TPSA) is 38.7 Å². The predicted octanol–water partition coefficient (Wildman–Crippen LogP) is 4.46. The number of aryl methyl sites for hydroxylation is 3. The number of aromatic nitrogens is 3. The second kappa shape index (κ2) is 5.04. The van der Waals surface area contributed by atoms with Crippen LogP contribution in [0.15, 0.2) is 18.5 Å². The highest BCUT2D eigenvalue weighted by Gasteiger charge is 2.22. The second-order valence-electron chi connectivity index (χ2n) is 5.26. The molecule has 0 saturated carbocycles. The van der Waals surface area contributed by atoms with Crippen LogP contribution in [0, 0.1) is 0 Å². The van der Waals surface area contributed by atoms with E-state index in [1.165, 1.54) is 16.9 Å². The van der Waals surface area contributed by atoms with Crippen molar-refractivity contribution in [3.8, 4) is 11.4 Å². The molecule has 0 aromatic carbocycles. The van der Waals surface area contributed by atoms with Crippen LogP contribution in [-0.2, 0) is 19.3 Å². The van der Waals surface area contributed by atoms with Crippen LogP contribution in [0.5, 0.6) is 0 Å². The standard InChI is InChI=1S/C16H14ClN3S/c1-2-9-8-18-7-6-10(9)15-19-14(17)13-11-4-3-5-12(11)21-16(13)20-15/h6-8H,2-5H2,1H3. The summed E-state index contributed by atoms with van der Waals surface area (Å²) in [5.74, 6) is 0.715. The molecule has 1 aliphatic rings. The molecule has 0 amide bonds. The molecule has 1 aliphatic carbocycles. The Morgan fingerprint density at radius 1 is 1.29 bits per heavy atom. The monoisotopic (exact) mass is 315 g/mol. The first-order chi connectivity index (χ1) is 10.3. The van der Waals surface area contributed by atoms with Gasteiger partial charge in [-0.2, -0.15) is 0 Å². The summed E-state index contributed by atoms with van der Waals surface area (Å²) in [4.78, 5) is 16.0. The zero-order valence-corrected chi connectivity index (χ0v) is 13.3. The maximum absolute atomic E-state index is 6.47. The fourth-order valence-corrected chi connectivity index (χ4v) is 4.60. The van der Waals surface area contributed by atoms with Crippen molar-refractivity contribution in [1.29, 1.82) is 0 Å². The van der Waals surface area contributed by atoms with Gasteiger partial charge in [0.25, 0.3) is 0 Å². The molecule has 0 saturated heterocycles. The molecule has 0 N–H and O–H groups in total. The minimum atomic E-state index is 0.591. The Hall–Kier alpha value is -1.52. The molecule has 21 heavy (non-hydrogen) atoms. The first-order valence-corrected chi connectivity index (χ1v) is 8.38. The van der Waals surface area contributed by atoms with Gasteiger partial charge in [0.15, 0.2) is 5.82 Å². The zero-order valence-electron chi connectivity index (χ0n) is 11.7. The Morgan fingerprint density at radius 2 is 2.19 bits per heavy atom. The van der Waals surface area contributed by atoms with E-state index in [9.17, 15) is 0 Å². The third-order valence-corrected chi connectivity index (χ3v) is 5.51. The van der Waals surface area contributed by atoms with Crippen molar-refractivity contribution in [3.05, 3.63) is 39.6 Å². The molecule has 0 radical (unpaired) electrons. The van der Waals surface area contributed by atoms with Crippen LogP contribution in [0.3, 0.4) is 0 Å². The van der Waals surface area contributed by atoms with Crippen molar-refractivity contribution in [3.63, 3.8) is 0 Å². The Morgan fingerprint density at radius 3 is 3.05 bits per heavy atom. The van der Waals surface area contributed by atoms with Gasteiger partial charge in [0.1, 0.15) is 9.98 Å². The molecule has 0 spiro atoms. The summed E-state index contributed by atoms with van der Waals surface area (Å²) in [6, 6.07) is 1.97. The number of rotatable bonds is 2. The molecule has 3 aromatic heterocycles.